The summed E-state index contributed by atoms with van der Waals surface area (Å²) in [4.78, 5) is 0. The molecule has 1 aromatic rings. The van der Waals surface area contributed by atoms with Crippen molar-refractivity contribution in [3.63, 3.8) is 0 Å². The van der Waals surface area contributed by atoms with Gasteiger partial charge >= 0.3 is 0 Å². The number of ether oxygens (including phenoxy) is 1. The van der Waals surface area contributed by atoms with Crippen LogP contribution in [0, 0.1) is 12.8 Å². The fourth-order valence-electron chi connectivity index (χ4n) is 2.28. The van der Waals surface area contributed by atoms with E-state index in [-0.39, 0.29) is 0 Å². The van der Waals surface area contributed by atoms with Gasteiger partial charge in [-0.25, -0.2) is 0 Å². The van der Waals surface area contributed by atoms with Crippen molar-refractivity contribution in [3.05, 3.63) is 29.3 Å². The summed E-state index contributed by atoms with van der Waals surface area (Å²) in [6.45, 7) is 9.94. The average Bonchev–Trinajstić information content (AvgIpc) is 2.37. The molecule has 0 radical (unpaired) electrons. The molecule has 0 spiro atoms. The van der Waals surface area contributed by atoms with Crippen molar-refractivity contribution < 1.29 is 4.74 Å². The molecular weight excluding hydrogens is 234 g/mol. The van der Waals surface area contributed by atoms with Crippen LogP contribution in [0.1, 0.15) is 57.2 Å². The molecule has 0 aromatic heterocycles. The van der Waals surface area contributed by atoms with Gasteiger partial charge in [0.25, 0.3) is 0 Å². The van der Waals surface area contributed by atoms with Gasteiger partial charge < -0.3 is 10.1 Å². The fourth-order valence-corrected chi connectivity index (χ4v) is 2.28. The summed E-state index contributed by atoms with van der Waals surface area (Å²) in [5.41, 5.74) is 2.49. The van der Waals surface area contributed by atoms with Crippen molar-refractivity contribution in [3.8, 4) is 5.75 Å². The van der Waals surface area contributed by atoms with E-state index in [1.54, 1.807) is 7.11 Å². The lowest BCUT2D eigenvalue weighted by Crippen LogP contribution is -2.20. The van der Waals surface area contributed by atoms with Crippen LogP contribution in [0.25, 0.3) is 0 Å². The predicted molar refractivity (Wildman–Crippen MR) is 82.8 cm³/mol. The van der Waals surface area contributed by atoms with Gasteiger partial charge in [0.2, 0.25) is 0 Å². The lowest BCUT2D eigenvalue weighted by molar-refractivity contribution is 0.400. The second-order valence-corrected chi connectivity index (χ2v) is 5.81. The van der Waals surface area contributed by atoms with Gasteiger partial charge in [-0.15, -0.1) is 0 Å². The van der Waals surface area contributed by atoms with Crippen molar-refractivity contribution in [1.29, 1.82) is 0 Å². The fraction of sp³-hybridized carbons (Fsp3) is 0.647. The third-order valence-electron chi connectivity index (χ3n) is 3.51. The smallest absolute Gasteiger partial charge is 0.123 e. The second-order valence-electron chi connectivity index (χ2n) is 5.81. The molecule has 0 aliphatic heterocycles. The molecule has 2 heteroatoms. The maximum absolute atomic E-state index is 5.47. The van der Waals surface area contributed by atoms with E-state index in [4.69, 9.17) is 4.74 Å². The van der Waals surface area contributed by atoms with E-state index in [1.165, 1.54) is 30.4 Å². The van der Waals surface area contributed by atoms with Gasteiger partial charge in [-0.3, -0.25) is 0 Å². The lowest BCUT2D eigenvalue weighted by atomic mass is 10.0. The molecule has 1 N–H and O–H groups in total. The third kappa shape index (κ3) is 5.65. The first-order valence-electron chi connectivity index (χ1n) is 7.42. The van der Waals surface area contributed by atoms with Gasteiger partial charge in [-0.2, -0.15) is 0 Å². The van der Waals surface area contributed by atoms with Crippen LogP contribution in [0.15, 0.2) is 18.2 Å². The minimum Gasteiger partial charge on any atom is -0.496 e. The first-order valence-corrected chi connectivity index (χ1v) is 7.42. The summed E-state index contributed by atoms with van der Waals surface area (Å²) < 4.78 is 5.47. The monoisotopic (exact) mass is 263 g/mol. The molecular formula is C17H29NO. The Balaban J connectivity index is 2.43. The van der Waals surface area contributed by atoms with E-state index in [2.05, 4.69) is 51.2 Å². The van der Waals surface area contributed by atoms with Crippen LogP contribution in [-0.2, 0) is 0 Å². The van der Waals surface area contributed by atoms with Crippen LogP contribution in [-0.4, -0.2) is 13.7 Å². The number of hydrogen-bond acceptors (Lipinski definition) is 2. The molecule has 0 heterocycles. The van der Waals surface area contributed by atoms with Crippen LogP contribution >= 0.6 is 0 Å². The lowest BCUT2D eigenvalue weighted by Gasteiger charge is -2.18. The Hall–Kier alpha value is -1.02. The Morgan fingerprint density at radius 1 is 1.16 bits per heavy atom. The molecule has 108 valence electrons. The summed E-state index contributed by atoms with van der Waals surface area (Å²) in [7, 11) is 1.74. The normalized spacial score (nSPS) is 12.7. The van der Waals surface area contributed by atoms with Crippen LogP contribution < -0.4 is 10.1 Å². The first-order chi connectivity index (χ1) is 9.04. The van der Waals surface area contributed by atoms with E-state index in [1.807, 2.05) is 0 Å². The standard InChI is InChI=1S/C17H29NO/c1-13(2)8-6-7-11-18-15(4)16-10-9-14(3)12-17(16)19-5/h9-10,12-13,15,18H,6-8,11H2,1-5H3. The van der Waals surface area contributed by atoms with E-state index in [0.717, 1.165) is 18.2 Å². The predicted octanol–water partition coefficient (Wildman–Crippen LogP) is 4.48. The Morgan fingerprint density at radius 3 is 2.53 bits per heavy atom. The molecule has 1 aromatic carbocycles. The molecule has 0 saturated carbocycles. The summed E-state index contributed by atoms with van der Waals surface area (Å²) in [6, 6.07) is 6.76. The van der Waals surface area contributed by atoms with Crippen molar-refractivity contribution in [1.82, 2.24) is 5.32 Å². The number of methoxy groups -OCH3 is 1. The highest BCUT2D eigenvalue weighted by Crippen LogP contribution is 2.26. The Bertz CT molecular complexity index is 374. The summed E-state index contributed by atoms with van der Waals surface area (Å²) in [6.07, 6.45) is 3.88. The molecule has 2 nitrogen and oxygen atoms in total. The van der Waals surface area contributed by atoms with Gasteiger partial charge in [0.1, 0.15) is 5.75 Å². The van der Waals surface area contributed by atoms with E-state index in [9.17, 15) is 0 Å². The molecule has 1 unspecified atom stereocenters. The Labute approximate surface area is 118 Å². The number of nitrogens with one attached hydrogen (secondary N) is 1. The molecule has 0 amide bonds. The Kier molecular flexibility index (Phi) is 6.93. The number of rotatable bonds is 8. The van der Waals surface area contributed by atoms with E-state index >= 15 is 0 Å². The summed E-state index contributed by atoms with van der Waals surface area (Å²) in [5, 5.41) is 3.59. The average molecular weight is 263 g/mol. The Morgan fingerprint density at radius 2 is 1.89 bits per heavy atom. The number of unbranched alkanes of at least 4 members (excludes halogenated alkanes) is 1. The van der Waals surface area contributed by atoms with Gasteiger partial charge in [-0.1, -0.05) is 38.8 Å². The maximum Gasteiger partial charge on any atom is 0.123 e. The van der Waals surface area contributed by atoms with Crippen molar-refractivity contribution >= 4 is 0 Å². The van der Waals surface area contributed by atoms with Crippen LogP contribution in [0.4, 0.5) is 0 Å². The van der Waals surface area contributed by atoms with E-state index in [0.29, 0.717) is 6.04 Å². The van der Waals surface area contributed by atoms with Crippen LogP contribution in [0.3, 0.4) is 0 Å². The van der Waals surface area contributed by atoms with Gasteiger partial charge in [0, 0.05) is 11.6 Å². The largest absolute Gasteiger partial charge is 0.496 e. The molecule has 19 heavy (non-hydrogen) atoms. The molecule has 0 bridgehead atoms. The summed E-state index contributed by atoms with van der Waals surface area (Å²) >= 11 is 0. The first kappa shape index (κ1) is 16.0. The van der Waals surface area contributed by atoms with Crippen molar-refractivity contribution in [2.24, 2.45) is 5.92 Å². The maximum atomic E-state index is 5.47. The van der Waals surface area contributed by atoms with Gasteiger partial charge in [-0.05, 0) is 44.4 Å². The number of benzene rings is 1. The highest BCUT2D eigenvalue weighted by Gasteiger charge is 2.10. The molecule has 0 aliphatic rings. The SMILES string of the molecule is COc1cc(C)ccc1C(C)NCCCCC(C)C. The van der Waals surface area contributed by atoms with Crippen molar-refractivity contribution in [2.45, 2.75) is 53.0 Å². The minimum absolute atomic E-state index is 0.342. The molecule has 0 aliphatic carbocycles. The molecule has 0 fully saturated rings. The van der Waals surface area contributed by atoms with Crippen molar-refractivity contribution in [2.75, 3.05) is 13.7 Å². The zero-order valence-electron chi connectivity index (χ0n) is 13.1. The van der Waals surface area contributed by atoms with Gasteiger partial charge in [0.15, 0.2) is 0 Å². The number of aryl methyl sites for hydroxylation is 1. The minimum atomic E-state index is 0.342. The quantitative estimate of drug-likeness (QED) is 0.698. The van der Waals surface area contributed by atoms with E-state index < -0.39 is 0 Å². The summed E-state index contributed by atoms with van der Waals surface area (Å²) in [5.74, 6) is 1.80. The molecule has 1 atom stereocenters. The molecule has 0 saturated heterocycles. The molecule has 1 rings (SSSR count). The third-order valence-corrected chi connectivity index (χ3v) is 3.51. The topological polar surface area (TPSA) is 21.3 Å². The second kappa shape index (κ2) is 8.21. The van der Waals surface area contributed by atoms with Crippen LogP contribution in [0.5, 0.6) is 5.75 Å². The van der Waals surface area contributed by atoms with Gasteiger partial charge in [0.05, 0.1) is 7.11 Å². The number of hydrogen-bond donors (Lipinski definition) is 1. The zero-order chi connectivity index (χ0) is 14.3. The highest BCUT2D eigenvalue weighted by atomic mass is 16.5. The van der Waals surface area contributed by atoms with Crippen LogP contribution in [0.2, 0.25) is 0 Å². The highest BCUT2D eigenvalue weighted by molar-refractivity contribution is 5.38. The zero-order valence-corrected chi connectivity index (χ0v) is 13.1.